The number of amides is 2. The van der Waals surface area contributed by atoms with Crippen molar-refractivity contribution in [1.82, 2.24) is 0 Å². The monoisotopic (exact) mass is 506 g/mol. The molecule has 3 aromatic rings. The maximum Gasteiger partial charge on any atom is 0.271 e. The van der Waals surface area contributed by atoms with E-state index in [9.17, 15) is 19.7 Å². The van der Waals surface area contributed by atoms with Crippen LogP contribution in [0.4, 0.5) is 11.4 Å². The maximum atomic E-state index is 13.9. The molecule has 2 aliphatic carbocycles. The number of anilines is 1. The number of nitrogens with zero attached hydrogens (tertiary/aromatic N) is 2. The van der Waals surface area contributed by atoms with Gasteiger partial charge < -0.3 is 4.74 Å². The molecule has 6 rings (SSSR count). The fourth-order valence-electron chi connectivity index (χ4n) is 6.24. The average molecular weight is 507 g/mol. The Hall–Kier alpha value is -4.52. The summed E-state index contributed by atoms with van der Waals surface area (Å²) in [6.45, 7) is 4.09. The van der Waals surface area contributed by atoms with Gasteiger partial charge in [0.2, 0.25) is 11.8 Å². The number of nitro groups is 1. The van der Waals surface area contributed by atoms with Crippen LogP contribution in [0.15, 0.2) is 84.5 Å². The minimum absolute atomic E-state index is 0.119. The number of imide groups is 1. The van der Waals surface area contributed by atoms with Crippen LogP contribution in [0.25, 0.3) is 5.57 Å². The Balaban J connectivity index is 1.48. The first-order valence-corrected chi connectivity index (χ1v) is 12.6. The number of carbonyl (C=O) groups is 2. The van der Waals surface area contributed by atoms with Crippen LogP contribution in [0.1, 0.15) is 22.3 Å². The summed E-state index contributed by atoms with van der Waals surface area (Å²) < 4.78 is 5.38. The van der Waals surface area contributed by atoms with Crippen LogP contribution in [-0.4, -0.2) is 23.8 Å². The Morgan fingerprint density at radius 2 is 1.32 bits per heavy atom. The number of allylic oxidation sites excluding steroid dienone is 3. The second kappa shape index (κ2) is 8.80. The lowest BCUT2D eigenvalue weighted by molar-refractivity contribution is -0.384. The molecule has 0 radical (unpaired) electrons. The van der Waals surface area contributed by atoms with Gasteiger partial charge in [-0.2, -0.15) is 0 Å². The van der Waals surface area contributed by atoms with Crippen molar-refractivity contribution in [2.45, 2.75) is 13.8 Å². The van der Waals surface area contributed by atoms with E-state index in [0.29, 0.717) is 0 Å². The average Bonchev–Trinajstić information content (AvgIpc) is 3.55. The maximum absolute atomic E-state index is 13.9. The second-order valence-electron chi connectivity index (χ2n) is 10.2. The van der Waals surface area contributed by atoms with Crippen LogP contribution in [-0.2, 0) is 9.59 Å². The van der Waals surface area contributed by atoms with Gasteiger partial charge in [0.15, 0.2) is 0 Å². The van der Waals surface area contributed by atoms with E-state index in [-0.39, 0.29) is 40.8 Å². The third kappa shape index (κ3) is 3.49. The van der Waals surface area contributed by atoms with Crippen molar-refractivity contribution in [3.05, 3.63) is 117 Å². The van der Waals surface area contributed by atoms with Gasteiger partial charge in [-0.3, -0.25) is 19.7 Å². The first kappa shape index (κ1) is 23.9. The lowest BCUT2D eigenvalue weighted by Crippen LogP contribution is -2.33. The first-order valence-electron chi connectivity index (χ1n) is 12.6. The molecule has 0 spiro atoms. The number of non-ortho nitro benzene ring substituents is 1. The number of carbonyl (C=O) groups excluding carboxylic acids is 2. The highest BCUT2D eigenvalue weighted by atomic mass is 16.6. The smallest absolute Gasteiger partial charge is 0.271 e. The summed E-state index contributed by atoms with van der Waals surface area (Å²) in [5, 5.41) is 11.4. The Kier molecular flexibility index (Phi) is 5.52. The molecule has 1 aliphatic heterocycles. The number of benzene rings is 3. The van der Waals surface area contributed by atoms with Crippen molar-refractivity contribution in [3.63, 3.8) is 0 Å². The van der Waals surface area contributed by atoms with Gasteiger partial charge in [-0.1, -0.05) is 71.8 Å². The quantitative estimate of drug-likeness (QED) is 0.193. The summed E-state index contributed by atoms with van der Waals surface area (Å²) in [5.41, 5.74) is 6.45. The van der Waals surface area contributed by atoms with Gasteiger partial charge in [0.05, 0.1) is 23.9 Å². The second-order valence-corrected chi connectivity index (χ2v) is 10.2. The number of hydrogen-bond donors (Lipinski definition) is 0. The van der Waals surface area contributed by atoms with Crippen molar-refractivity contribution in [2.24, 2.45) is 23.7 Å². The van der Waals surface area contributed by atoms with Gasteiger partial charge in [-0.25, -0.2) is 4.90 Å². The Morgan fingerprint density at radius 3 is 1.76 bits per heavy atom. The first-order chi connectivity index (χ1) is 18.3. The summed E-state index contributed by atoms with van der Waals surface area (Å²) >= 11 is 0. The van der Waals surface area contributed by atoms with Gasteiger partial charge in [0.25, 0.3) is 5.69 Å². The fraction of sp³-hybridized carbons (Fsp3) is 0.226. The molecule has 7 heteroatoms. The predicted molar refractivity (Wildman–Crippen MR) is 144 cm³/mol. The summed E-state index contributed by atoms with van der Waals surface area (Å²) in [4.78, 5) is 39.8. The largest absolute Gasteiger partial charge is 0.495 e. The number of methoxy groups -OCH3 is 1. The molecule has 0 aromatic heterocycles. The van der Waals surface area contributed by atoms with Crippen LogP contribution in [0.5, 0.6) is 5.75 Å². The number of rotatable bonds is 5. The molecule has 2 bridgehead atoms. The van der Waals surface area contributed by atoms with Gasteiger partial charge in [-0.05, 0) is 42.2 Å². The van der Waals surface area contributed by atoms with E-state index in [2.05, 4.69) is 48.5 Å². The van der Waals surface area contributed by atoms with Crippen molar-refractivity contribution >= 4 is 28.8 Å². The summed E-state index contributed by atoms with van der Waals surface area (Å²) in [6, 6.07) is 20.6. The molecule has 2 amide bonds. The van der Waals surface area contributed by atoms with Crippen LogP contribution in [0, 0.1) is 47.6 Å². The number of ether oxygens (including phenoxy) is 1. The molecule has 0 N–H and O–H groups in total. The zero-order valence-corrected chi connectivity index (χ0v) is 21.3. The molecule has 7 nitrogen and oxygen atoms in total. The summed E-state index contributed by atoms with van der Waals surface area (Å²) in [6.07, 6.45) is 4.09. The van der Waals surface area contributed by atoms with E-state index in [1.165, 1.54) is 25.3 Å². The topological polar surface area (TPSA) is 89.8 Å². The summed E-state index contributed by atoms with van der Waals surface area (Å²) in [7, 11) is 1.41. The molecular weight excluding hydrogens is 480 g/mol. The van der Waals surface area contributed by atoms with E-state index < -0.39 is 16.8 Å². The van der Waals surface area contributed by atoms with Crippen molar-refractivity contribution in [2.75, 3.05) is 12.0 Å². The molecule has 3 aliphatic rings. The molecule has 1 saturated carbocycles. The van der Waals surface area contributed by atoms with Crippen LogP contribution < -0.4 is 9.64 Å². The Bertz CT molecular complexity index is 1470. The number of nitro benzene ring substituents is 1. The molecule has 38 heavy (non-hydrogen) atoms. The predicted octanol–water partition coefficient (Wildman–Crippen LogP) is 5.64. The van der Waals surface area contributed by atoms with E-state index in [1.807, 2.05) is 26.0 Å². The molecule has 3 aromatic carbocycles. The zero-order valence-electron chi connectivity index (χ0n) is 21.3. The van der Waals surface area contributed by atoms with Gasteiger partial charge in [-0.15, -0.1) is 0 Å². The van der Waals surface area contributed by atoms with Crippen molar-refractivity contribution < 1.29 is 19.2 Å². The Morgan fingerprint density at radius 1 is 0.816 bits per heavy atom. The van der Waals surface area contributed by atoms with Gasteiger partial charge >= 0.3 is 0 Å². The molecule has 1 saturated heterocycles. The SMILES string of the molecule is COc1ccc([N+](=O)[O-])cc1N1C(=O)[C@H]2[C@H](C1=O)[C@H]1C=C[C@H]2C1=C(c1ccc(C)cc1)c1ccc(C)cc1. The van der Waals surface area contributed by atoms with Gasteiger partial charge in [0, 0.05) is 24.0 Å². The highest BCUT2D eigenvalue weighted by molar-refractivity contribution is 6.24. The zero-order chi connectivity index (χ0) is 26.7. The van der Waals surface area contributed by atoms with Crippen LogP contribution >= 0.6 is 0 Å². The third-order valence-electron chi connectivity index (χ3n) is 8.00. The standard InChI is InChI=1S/C31H26N2O5/c1-17-4-8-19(9-5-17)26(20-10-6-18(2)7-11-20)27-22-13-14-23(27)29-28(22)30(34)32(31(29)35)24-16-21(33(36)37)12-15-25(24)38-3/h4-16,22-23,28-29H,1-3H3/t22-,23-,28+,29+/m0/s1. The summed E-state index contributed by atoms with van der Waals surface area (Å²) in [5.74, 6) is -2.07. The van der Waals surface area contributed by atoms with E-state index >= 15 is 0 Å². The minimum Gasteiger partial charge on any atom is -0.495 e. The lowest BCUT2D eigenvalue weighted by atomic mass is 9.85. The number of hydrogen-bond acceptors (Lipinski definition) is 5. The van der Waals surface area contributed by atoms with Gasteiger partial charge in [0.1, 0.15) is 11.4 Å². The van der Waals surface area contributed by atoms with Crippen LogP contribution in [0.2, 0.25) is 0 Å². The van der Waals surface area contributed by atoms with E-state index in [0.717, 1.165) is 38.3 Å². The normalized spacial score (nSPS) is 23.2. The molecule has 0 unspecified atom stereocenters. The van der Waals surface area contributed by atoms with Crippen molar-refractivity contribution in [1.29, 1.82) is 0 Å². The molecule has 190 valence electrons. The highest BCUT2D eigenvalue weighted by Crippen LogP contribution is 2.59. The molecular formula is C31H26N2O5. The molecule has 1 heterocycles. The molecule has 4 atom stereocenters. The van der Waals surface area contributed by atoms with E-state index in [1.54, 1.807) is 0 Å². The van der Waals surface area contributed by atoms with Crippen molar-refractivity contribution in [3.8, 4) is 5.75 Å². The third-order valence-corrected chi connectivity index (χ3v) is 8.00. The Labute approximate surface area is 220 Å². The number of fused-ring (bicyclic) bond motifs is 5. The fourth-order valence-corrected chi connectivity index (χ4v) is 6.24. The van der Waals surface area contributed by atoms with E-state index in [4.69, 9.17) is 4.74 Å². The highest BCUT2D eigenvalue weighted by Gasteiger charge is 2.62. The lowest BCUT2D eigenvalue weighted by Gasteiger charge is -2.22. The number of aryl methyl sites for hydroxylation is 2. The minimum atomic E-state index is -0.567. The van der Waals surface area contributed by atoms with Crippen LogP contribution in [0.3, 0.4) is 0 Å². The molecule has 2 fully saturated rings.